The number of benzene rings is 5. The molecule has 2 atom stereocenters. The Balaban J connectivity index is 1.33. The monoisotopic (exact) mass is 565 g/mol. The Morgan fingerprint density at radius 1 is 0.674 bits per heavy atom. The third kappa shape index (κ3) is 6.44. The van der Waals surface area contributed by atoms with Gasteiger partial charge in [0.1, 0.15) is 0 Å². The Morgan fingerprint density at radius 2 is 1.30 bits per heavy atom. The molecule has 0 saturated heterocycles. The van der Waals surface area contributed by atoms with E-state index < -0.39 is 5.97 Å². The van der Waals surface area contributed by atoms with E-state index in [0.717, 1.165) is 36.0 Å². The number of carbonyl (C=O) groups is 2. The first-order valence-electron chi connectivity index (χ1n) is 14.9. The lowest BCUT2D eigenvalue weighted by molar-refractivity contribution is -0.135. The fraction of sp³-hybridized carbons (Fsp3) is 0.179. The topological polar surface area (TPSA) is 57.6 Å². The minimum atomic E-state index is -0.954. The third-order valence-corrected chi connectivity index (χ3v) is 8.58. The molecule has 1 amide bonds. The number of aromatic carboxylic acids is 1. The largest absolute Gasteiger partial charge is 0.478 e. The maximum atomic E-state index is 14.4. The summed E-state index contributed by atoms with van der Waals surface area (Å²) in [5.74, 6) is -0.577. The second-order valence-corrected chi connectivity index (χ2v) is 11.4. The molecule has 1 N–H and O–H groups in total. The molecule has 0 unspecified atom stereocenters. The number of amides is 1. The van der Waals surface area contributed by atoms with E-state index in [9.17, 15) is 14.7 Å². The zero-order valence-electron chi connectivity index (χ0n) is 24.1. The SMILES string of the molecule is O=C(O)c1ccccc1-c1ccc(CC(=O)N(Cc2ccccc2)[C@@H]2c3ccccc3CC[C@H]2Cc2ccccc2)cc1. The van der Waals surface area contributed by atoms with E-state index in [1.165, 1.54) is 16.7 Å². The number of carboxylic acids is 1. The molecular formula is C39H35NO3. The normalized spacial score (nSPS) is 15.8. The van der Waals surface area contributed by atoms with Crippen LogP contribution in [0.3, 0.4) is 0 Å². The van der Waals surface area contributed by atoms with Crippen LogP contribution in [0.2, 0.25) is 0 Å². The summed E-state index contributed by atoms with van der Waals surface area (Å²) in [5.41, 5.74) is 7.63. The Hall–Kier alpha value is -4.96. The molecule has 0 radical (unpaired) electrons. The predicted octanol–water partition coefficient (Wildman–Crippen LogP) is 8.17. The fourth-order valence-electron chi connectivity index (χ4n) is 6.48. The van der Waals surface area contributed by atoms with Gasteiger partial charge in [-0.2, -0.15) is 0 Å². The molecule has 4 nitrogen and oxygen atoms in total. The van der Waals surface area contributed by atoms with Gasteiger partial charge in [-0.05, 0) is 70.2 Å². The molecule has 5 aromatic carbocycles. The zero-order valence-corrected chi connectivity index (χ0v) is 24.1. The number of carboxylic acid groups (broad SMARTS) is 1. The minimum Gasteiger partial charge on any atom is -0.478 e. The summed E-state index contributed by atoms with van der Waals surface area (Å²) in [6, 6.07) is 44.2. The van der Waals surface area contributed by atoms with E-state index >= 15 is 0 Å². The second kappa shape index (κ2) is 12.9. The maximum absolute atomic E-state index is 14.4. The van der Waals surface area contributed by atoms with Gasteiger partial charge < -0.3 is 10.0 Å². The van der Waals surface area contributed by atoms with Gasteiger partial charge in [-0.3, -0.25) is 4.79 Å². The van der Waals surface area contributed by atoms with Crippen molar-refractivity contribution in [1.29, 1.82) is 0 Å². The van der Waals surface area contributed by atoms with Crippen molar-refractivity contribution in [3.8, 4) is 11.1 Å². The summed E-state index contributed by atoms with van der Waals surface area (Å²) in [6.07, 6.45) is 3.21. The van der Waals surface area contributed by atoms with Gasteiger partial charge in [-0.15, -0.1) is 0 Å². The van der Waals surface area contributed by atoms with E-state index in [0.29, 0.717) is 18.0 Å². The highest BCUT2D eigenvalue weighted by atomic mass is 16.4. The summed E-state index contributed by atoms with van der Waals surface area (Å²) >= 11 is 0. The van der Waals surface area contributed by atoms with Crippen molar-refractivity contribution in [2.24, 2.45) is 5.92 Å². The Labute approximate surface area is 253 Å². The van der Waals surface area contributed by atoms with E-state index in [1.807, 2.05) is 60.7 Å². The Morgan fingerprint density at radius 3 is 2.02 bits per heavy atom. The number of nitrogens with zero attached hydrogens (tertiary/aromatic N) is 1. The van der Waals surface area contributed by atoms with Crippen LogP contribution in [0.25, 0.3) is 11.1 Å². The van der Waals surface area contributed by atoms with Crippen molar-refractivity contribution >= 4 is 11.9 Å². The maximum Gasteiger partial charge on any atom is 0.336 e. The first-order chi connectivity index (χ1) is 21.1. The zero-order chi connectivity index (χ0) is 29.6. The van der Waals surface area contributed by atoms with Crippen molar-refractivity contribution < 1.29 is 14.7 Å². The molecule has 1 aliphatic rings. The summed E-state index contributed by atoms with van der Waals surface area (Å²) < 4.78 is 0. The van der Waals surface area contributed by atoms with Crippen LogP contribution < -0.4 is 0 Å². The number of hydrogen-bond acceptors (Lipinski definition) is 2. The molecular weight excluding hydrogens is 530 g/mol. The summed E-state index contributed by atoms with van der Waals surface area (Å²) in [5, 5.41) is 9.64. The van der Waals surface area contributed by atoms with Crippen LogP contribution in [0.5, 0.6) is 0 Å². The first kappa shape index (κ1) is 28.2. The third-order valence-electron chi connectivity index (χ3n) is 8.58. The van der Waals surface area contributed by atoms with Gasteiger partial charge in [0, 0.05) is 6.54 Å². The van der Waals surface area contributed by atoms with E-state index in [4.69, 9.17) is 0 Å². The number of fused-ring (bicyclic) bond motifs is 1. The van der Waals surface area contributed by atoms with Gasteiger partial charge in [0.05, 0.1) is 18.0 Å². The highest BCUT2D eigenvalue weighted by Gasteiger charge is 2.36. The smallest absolute Gasteiger partial charge is 0.336 e. The van der Waals surface area contributed by atoms with Crippen molar-refractivity contribution in [2.75, 3.05) is 0 Å². The highest BCUT2D eigenvalue weighted by molar-refractivity contribution is 5.96. The van der Waals surface area contributed by atoms with E-state index in [2.05, 4.69) is 65.6 Å². The van der Waals surface area contributed by atoms with Crippen molar-refractivity contribution in [3.63, 3.8) is 0 Å². The Bertz CT molecular complexity index is 1700. The lowest BCUT2D eigenvalue weighted by atomic mass is 9.76. The van der Waals surface area contributed by atoms with Crippen LogP contribution in [0.4, 0.5) is 0 Å². The highest BCUT2D eigenvalue weighted by Crippen LogP contribution is 2.41. The first-order valence-corrected chi connectivity index (χ1v) is 14.9. The van der Waals surface area contributed by atoms with Crippen molar-refractivity contribution in [3.05, 3.63) is 167 Å². The van der Waals surface area contributed by atoms with E-state index in [-0.39, 0.29) is 23.9 Å². The van der Waals surface area contributed by atoms with Gasteiger partial charge in [0.2, 0.25) is 5.91 Å². The van der Waals surface area contributed by atoms with Crippen LogP contribution in [0.15, 0.2) is 133 Å². The molecule has 0 saturated carbocycles. The fourth-order valence-corrected chi connectivity index (χ4v) is 6.48. The molecule has 5 aromatic rings. The molecule has 4 heteroatoms. The van der Waals surface area contributed by atoms with E-state index in [1.54, 1.807) is 12.1 Å². The molecule has 43 heavy (non-hydrogen) atoms. The van der Waals surface area contributed by atoms with Gasteiger partial charge in [-0.25, -0.2) is 4.79 Å². The van der Waals surface area contributed by atoms with Crippen molar-refractivity contribution in [2.45, 2.75) is 38.3 Å². The number of hydrogen-bond donors (Lipinski definition) is 1. The van der Waals surface area contributed by atoms with Crippen LogP contribution in [-0.4, -0.2) is 21.9 Å². The molecule has 0 aromatic heterocycles. The van der Waals surface area contributed by atoms with Gasteiger partial charge in [0.15, 0.2) is 0 Å². The van der Waals surface area contributed by atoms with Gasteiger partial charge in [-0.1, -0.05) is 127 Å². The Kier molecular flexibility index (Phi) is 8.46. The molecule has 6 rings (SSSR count). The minimum absolute atomic E-state index is 0.0421. The lowest BCUT2D eigenvalue weighted by Gasteiger charge is -2.42. The lowest BCUT2D eigenvalue weighted by Crippen LogP contribution is -2.41. The quantitative estimate of drug-likeness (QED) is 0.196. The van der Waals surface area contributed by atoms with Crippen LogP contribution in [-0.2, 0) is 30.6 Å². The molecule has 0 heterocycles. The van der Waals surface area contributed by atoms with Gasteiger partial charge >= 0.3 is 5.97 Å². The summed E-state index contributed by atoms with van der Waals surface area (Å²) in [4.78, 5) is 28.2. The summed E-state index contributed by atoms with van der Waals surface area (Å²) in [7, 11) is 0. The number of rotatable bonds is 9. The molecule has 0 fully saturated rings. The number of carbonyl (C=O) groups excluding carboxylic acids is 1. The van der Waals surface area contributed by atoms with Crippen molar-refractivity contribution in [1.82, 2.24) is 4.90 Å². The standard InChI is InChI=1S/C39H35NO3/c41-37(26-29-19-21-32(22-20-29)34-16-9-10-18-36(34)39(42)43)40(27-30-13-5-2-6-14-30)38-33(25-28-11-3-1-4-12-28)24-23-31-15-7-8-17-35(31)38/h1-22,33,38H,23-27H2,(H,42,43)/t33-,38-/m0/s1. The predicted molar refractivity (Wildman–Crippen MR) is 171 cm³/mol. The second-order valence-electron chi connectivity index (χ2n) is 11.4. The molecule has 0 aliphatic heterocycles. The molecule has 0 bridgehead atoms. The van der Waals surface area contributed by atoms with Crippen LogP contribution in [0, 0.1) is 5.92 Å². The van der Waals surface area contributed by atoms with Crippen LogP contribution in [0.1, 0.15) is 50.6 Å². The summed E-state index contributed by atoms with van der Waals surface area (Å²) in [6.45, 7) is 0.536. The molecule has 0 spiro atoms. The number of aryl methyl sites for hydroxylation is 1. The van der Waals surface area contributed by atoms with Crippen LogP contribution >= 0.6 is 0 Å². The molecule has 1 aliphatic carbocycles. The average molecular weight is 566 g/mol. The molecule has 214 valence electrons. The van der Waals surface area contributed by atoms with Gasteiger partial charge in [0.25, 0.3) is 0 Å². The average Bonchev–Trinajstić information content (AvgIpc) is 3.05.